The molecule has 1 aromatic carbocycles. The summed E-state index contributed by atoms with van der Waals surface area (Å²) in [6.07, 6.45) is 2.49. The fraction of sp³-hybridized carbons (Fsp3) is 0.421. The highest BCUT2D eigenvalue weighted by atomic mass is 16.5. The fourth-order valence-corrected chi connectivity index (χ4v) is 3.42. The lowest BCUT2D eigenvalue weighted by molar-refractivity contribution is -0.139. The first-order valence-corrected chi connectivity index (χ1v) is 8.44. The standard InChI is InChI=1S/C19H22N2O4/c1-10-4-5-15-14(9-10)17(21-25-15)18(22)20-16(19(23)24)13-7-11(2)6-12(3)8-13/h6-8,10,16H,4-5,9H2,1-3H3,(H,20,22)(H,23,24). The Morgan fingerprint density at radius 1 is 1.28 bits per heavy atom. The summed E-state index contributed by atoms with van der Waals surface area (Å²) in [6, 6.07) is 4.37. The minimum atomic E-state index is -1.13. The van der Waals surface area contributed by atoms with Crippen LogP contribution in [0.3, 0.4) is 0 Å². The smallest absolute Gasteiger partial charge is 0.330 e. The van der Waals surface area contributed by atoms with E-state index >= 15 is 0 Å². The second kappa shape index (κ2) is 6.70. The molecule has 1 aromatic heterocycles. The molecular weight excluding hydrogens is 320 g/mol. The number of nitrogens with one attached hydrogen (secondary N) is 1. The van der Waals surface area contributed by atoms with E-state index in [1.54, 1.807) is 12.1 Å². The van der Waals surface area contributed by atoms with Gasteiger partial charge in [0.15, 0.2) is 11.7 Å². The summed E-state index contributed by atoms with van der Waals surface area (Å²) in [5, 5.41) is 16.1. The number of nitrogens with zero attached hydrogens (tertiary/aromatic N) is 1. The fourth-order valence-electron chi connectivity index (χ4n) is 3.42. The van der Waals surface area contributed by atoms with E-state index in [1.807, 2.05) is 19.9 Å². The highest BCUT2D eigenvalue weighted by Crippen LogP contribution is 2.28. The topological polar surface area (TPSA) is 92.4 Å². The molecule has 2 N–H and O–H groups in total. The van der Waals surface area contributed by atoms with E-state index < -0.39 is 17.9 Å². The zero-order valence-corrected chi connectivity index (χ0v) is 14.6. The van der Waals surface area contributed by atoms with Crippen molar-refractivity contribution in [3.8, 4) is 0 Å². The number of benzene rings is 1. The Bertz CT molecular complexity index is 805. The largest absolute Gasteiger partial charge is 0.479 e. The van der Waals surface area contributed by atoms with Crippen molar-refractivity contribution in [2.45, 2.75) is 46.1 Å². The number of fused-ring (bicyclic) bond motifs is 1. The Hall–Kier alpha value is -2.63. The van der Waals surface area contributed by atoms with Crippen molar-refractivity contribution in [3.63, 3.8) is 0 Å². The molecule has 1 aliphatic carbocycles. The molecule has 0 radical (unpaired) electrons. The van der Waals surface area contributed by atoms with E-state index in [-0.39, 0.29) is 5.69 Å². The summed E-state index contributed by atoms with van der Waals surface area (Å²) in [7, 11) is 0. The molecule has 1 amide bonds. The molecule has 6 heteroatoms. The maximum Gasteiger partial charge on any atom is 0.330 e. The van der Waals surface area contributed by atoms with Crippen LogP contribution in [0.1, 0.15) is 57.9 Å². The van der Waals surface area contributed by atoms with Crippen LogP contribution in [0.5, 0.6) is 0 Å². The quantitative estimate of drug-likeness (QED) is 0.891. The number of hydrogen-bond donors (Lipinski definition) is 2. The first-order chi connectivity index (χ1) is 11.8. The molecule has 132 valence electrons. The van der Waals surface area contributed by atoms with Gasteiger partial charge >= 0.3 is 5.97 Å². The molecule has 0 saturated heterocycles. The number of aryl methyl sites for hydroxylation is 3. The molecular formula is C19H22N2O4. The zero-order chi connectivity index (χ0) is 18.1. The lowest BCUT2D eigenvalue weighted by atomic mass is 9.88. The molecule has 2 unspecified atom stereocenters. The van der Waals surface area contributed by atoms with E-state index in [4.69, 9.17) is 4.52 Å². The van der Waals surface area contributed by atoms with E-state index in [1.165, 1.54) is 0 Å². The van der Waals surface area contributed by atoms with Gasteiger partial charge in [0, 0.05) is 12.0 Å². The number of aliphatic carboxylic acids is 1. The molecule has 1 heterocycles. The summed E-state index contributed by atoms with van der Waals surface area (Å²) < 4.78 is 5.28. The lowest BCUT2D eigenvalue weighted by Crippen LogP contribution is -2.34. The average molecular weight is 342 g/mol. The van der Waals surface area contributed by atoms with Crippen molar-refractivity contribution in [2.75, 3.05) is 0 Å². The normalized spacial score (nSPS) is 17.6. The van der Waals surface area contributed by atoms with Gasteiger partial charge in [-0.1, -0.05) is 41.4 Å². The highest BCUT2D eigenvalue weighted by Gasteiger charge is 2.30. The Kier molecular flexibility index (Phi) is 4.61. The minimum Gasteiger partial charge on any atom is -0.479 e. The van der Waals surface area contributed by atoms with Crippen molar-refractivity contribution >= 4 is 11.9 Å². The Labute approximate surface area is 146 Å². The van der Waals surface area contributed by atoms with Gasteiger partial charge in [0.2, 0.25) is 0 Å². The maximum absolute atomic E-state index is 12.6. The number of aromatic nitrogens is 1. The highest BCUT2D eigenvalue weighted by molar-refractivity contribution is 5.96. The molecule has 2 aromatic rings. The van der Waals surface area contributed by atoms with Crippen LogP contribution < -0.4 is 5.32 Å². The molecule has 0 saturated carbocycles. The van der Waals surface area contributed by atoms with Gasteiger partial charge in [0.25, 0.3) is 5.91 Å². The average Bonchev–Trinajstić information content (AvgIpc) is 2.94. The number of carbonyl (C=O) groups is 2. The van der Waals surface area contributed by atoms with Gasteiger partial charge in [0.1, 0.15) is 5.76 Å². The Morgan fingerprint density at radius 3 is 2.60 bits per heavy atom. The van der Waals surface area contributed by atoms with E-state index in [0.29, 0.717) is 11.5 Å². The third kappa shape index (κ3) is 3.57. The summed E-state index contributed by atoms with van der Waals surface area (Å²) >= 11 is 0. The summed E-state index contributed by atoms with van der Waals surface area (Å²) in [4.78, 5) is 24.4. The van der Waals surface area contributed by atoms with Gasteiger partial charge < -0.3 is 14.9 Å². The predicted octanol–water partition coefficient (Wildman–Crippen LogP) is 2.97. The van der Waals surface area contributed by atoms with Gasteiger partial charge in [-0.25, -0.2) is 4.79 Å². The molecule has 0 aliphatic heterocycles. The third-order valence-corrected chi connectivity index (χ3v) is 4.60. The Morgan fingerprint density at radius 2 is 1.96 bits per heavy atom. The maximum atomic E-state index is 12.6. The molecule has 0 spiro atoms. The van der Waals surface area contributed by atoms with Crippen LogP contribution in [-0.4, -0.2) is 22.1 Å². The van der Waals surface area contributed by atoms with Gasteiger partial charge in [-0.05, 0) is 38.2 Å². The molecule has 1 aliphatic rings. The number of hydrogen-bond acceptors (Lipinski definition) is 4. The van der Waals surface area contributed by atoms with Crippen LogP contribution in [0.2, 0.25) is 0 Å². The van der Waals surface area contributed by atoms with Crippen molar-refractivity contribution in [1.82, 2.24) is 10.5 Å². The third-order valence-electron chi connectivity index (χ3n) is 4.60. The number of carboxylic acid groups (broad SMARTS) is 1. The summed E-state index contributed by atoms with van der Waals surface area (Å²) in [6.45, 7) is 5.91. The zero-order valence-electron chi connectivity index (χ0n) is 14.6. The van der Waals surface area contributed by atoms with Crippen molar-refractivity contribution in [1.29, 1.82) is 0 Å². The van der Waals surface area contributed by atoms with E-state index in [0.717, 1.165) is 41.7 Å². The SMILES string of the molecule is Cc1cc(C)cc(C(NC(=O)c2noc3c2CC(C)CC3)C(=O)O)c1. The first-order valence-electron chi connectivity index (χ1n) is 8.44. The first kappa shape index (κ1) is 17.2. The van der Waals surface area contributed by atoms with Gasteiger partial charge in [-0.2, -0.15) is 0 Å². The number of rotatable bonds is 4. The van der Waals surface area contributed by atoms with Crippen LogP contribution in [0.4, 0.5) is 0 Å². The van der Waals surface area contributed by atoms with Crippen LogP contribution in [0, 0.1) is 19.8 Å². The molecule has 25 heavy (non-hydrogen) atoms. The van der Waals surface area contributed by atoms with E-state index in [9.17, 15) is 14.7 Å². The second-order valence-corrected chi connectivity index (χ2v) is 6.95. The minimum absolute atomic E-state index is 0.206. The number of carbonyl (C=O) groups excluding carboxylic acids is 1. The van der Waals surface area contributed by atoms with Crippen molar-refractivity contribution in [3.05, 3.63) is 51.9 Å². The lowest BCUT2D eigenvalue weighted by Gasteiger charge is -2.18. The molecule has 0 bridgehead atoms. The second-order valence-electron chi connectivity index (χ2n) is 6.95. The van der Waals surface area contributed by atoms with Crippen LogP contribution in [-0.2, 0) is 17.6 Å². The monoisotopic (exact) mass is 342 g/mol. The number of carboxylic acids is 1. The predicted molar refractivity (Wildman–Crippen MR) is 91.5 cm³/mol. The summed E-state index contributed by atoms with van der Waals surface area (Å²) in [5.41, 5.74) is 3.45. The molecule has 6 nitrogen and oxygen atoms in total. The molecule has 3 rings (SSSR count). The van der Waals surface area contributed by atoms with Crippen molar-refractivity contribution in [2.24, 2.45) is 5.92 Å². The Balaban J connectivity index is 1.87. The molecule has 2 atom stereocenters. The van der Waals surface area contributed by atoms with Gasteiger partial charge in [-0.15, -0.1) is 0 Å². The summed E-state index contributed by atoms with van der Waals surface area (Å²) in [5.74, 6) is -0.426. The van der Waals surface area contributed by atoms with Crippen molar-refractivity contribution < 1.29 is 19.2 Å². The van der Waals surface area contributed by atoms with Gasteiger partial charge in [0.05, 0.1) is 0 Å². The van der Waals surface area contributed by atoms with Crippen LogP contribution in [0.15, 0.2) is 22.7 Å². The van der Waals surface area contributed by atoms with Crippen LogP contribution in [0.25, 0.3) is 0 Å². The van der Waals surface area contributed by atoms with Gasteiger partial charge in [-0.3, -0.25) is 4.79 Å². The van der Waals surface area contributed by atoms with Crippen LogP contribution >= 0.6 is 0 Å². The van der Waals surface area contributed by atoms with E-state index in [2.05, 4.69) is 17.4 Å². The molecule has 0 fully saturated rings. The number of amides is 1.